The number of nitrogens with two attached hydrogens (primary N) is 1. The number of carbonyl (C=O) groups excluding carboxylic acids is 1. The lowest BCUT2D eigenvalue weighted by Crippen LogP contribution is -2.39. The first-order valence-electron chi connectivity index (χ1n) is 7.09. The van der Waals surface area contributed by atoms with Crippen LogP contribution >= 0.6 is 0 Å². The lowest BCUT2D eigenvalue weighted by Gasteiger charge is -2.28. The second kappa shape index (κ2) is 6.27. The normalized spacial score (nSPS) is 11.5. The maximum atomic E-state index is 12.9. The molecule has 0 aliphatic rings. The molecule has 118 valence electrons. The number of amides is 1. The fourth-order valence-corrected chi connectivity index (χ4v) is 2.15. The molecule has 0 fully saturated rings. The van der Waals surface area contributed by atoms with Crippen LogP contribution in [0.25, 0.3) is 5.69 Å². The molecule has 2 rings (SSSR count). The van der Waals surface area contributed by atoms with Crippen molar-refractivity contribution in [2.24, 2.45) is 11.1 Å². The number of halogens is 1. The van der Waals surface area contributed by atoms with Crippen LogP contribution in [-0.2, 0) is 0 Å². The lowest BCUT2D eigenvalue weighted by atomic mass is 9.93. The van der Waals surface area contributed by atoms with Crippen molar-refractivity contribution in [1.29, 1.82) is 0 Å². The average molecular weight is 304 g/mol. The molecule has 0 spiro atoms. The summed E-state index contributed by atoms with van der Waals surface area (Å²) in [5, 5.41) is 4.26. The molecule has 1 aromatic carbocycles. The molecule has 1 heterocycles. The van der Waals surface area contributed by atoms with Crippen molar-refractivity contribution in [1.82, 2.24) is 14.7 Å². The van der Waals surface area contributed by atoms with Crippen molar-refractivity contribution in [3.8, 4) is 5.69 Å². The molecule has 22 heavy (non-hydrogen) atoms. The third kappa shape index (κ3) is 3.71. The minimum Gasteiger partial charge on any atom is -0.340 e. The summed E-state index contributed by atoms with van der Waals surface area (Å²) < 4.78 is 14.5. The lowest BCUT2D eigenvalue weighted by molar-refractivity contribution is 0.0734. The van der Waals surface area contributed by atoms with Gasteiger partial charge in [-0.1, -0.05) is 13.8 Å². The highest BCUT2D eigenvalue weighted by atomic mass is 19.1. The Morgan fingerprint density at radius 2 is 1.95 bits per heavy atom. The molecule has 0 saturated heterocycles. The van der Waals surface area contributed by atoms with Gasteiger partial charge in [0.1, 0.15) is 5.82 Å². The standard InChI is InChI=1S/C16H21FN4O/c1-16(2,10-18)11-20(3)15(22)14-8-9-21(19-14)13-6-4-12(17)5-7-13/h4-9H,10-11,18H2,1-3H3. The molecule has 2 aromatic rings. The van der Waals surface area contributed by atoms with Gasteiger partial charge < -0.3 is 10.6 Å². The van der Waals surface area contributed by atoms with Gasteiger partial charge in [-0.15, -0.1) is 0 Å². The first-order valence-corrected chi connectivity index (χ1v) is 7.09. The highest BCUT2D eigenvalue weighted by Crippen LogP contribution is 2.16. The third-order valence-corrected chi connectivity index (χ3v) is 3.46. The van der Waals surface area contributed by atoms with Crippen molar-refractivity contribution >= 4 is 5.91 Å². The second-order valence-electron chi connectivity index (χ2n) is 6.15. The minimum absolute atomic E-state index is 0.149. The van der Waals surface area contributed by atoms with Crippen LogP contribution in [0.15, 0.2) is 36.5 Å². The summed E-state index contributed by atoms with van der Waals surface area (Å²) in [6, 6.07) is 7.58. The zero-order valence-corrected chi connectivity index (χ0v) is 13.1. The van der Waals surface area contributed by atoms with Gasteiger partial charge in [-0.25, -0.2) is 9.07 Å². The molecule has 0 aliphatic carbocycles. The molecule has 0 aliphatic heterocycles. The van der Waals surface area contributed by atoms with E-state index in [9.17, 15) is 9.18 Å². The van der Waals surface area contributed by atoms with E-state index in [1.54, 1.807) is 41.0 Å². The minimum atomic E-state index is -0.309. The number of aromatic nitrogens is 2. The summed E-state index contributed by atoms with van der Waals surface area (Å²) in [6.45, 7) is 5.06. The molecular weight excluding hydrogens is 283 g/mol. The molecule has 0 radical (unpaired) electrons. The third-order valence-electron chi connectivity index (χ3n) is 3.46. The van der Waals surface area contributed by atoms with E-state index in [4.69, 9.17) is 5.73 Å². The number of benzene rings is 1. The van der Waals surface area contributed by atoms with Crippen molar-refractivity contribution in [2.45, 2.75) is 13.8 Å². The molecule has 1 aromatic heterocycles. The number of carbonyl (C=O) groups is 1. The monoisotopic (exact) mass is 304 g/mol. The fourth-order valence-electron chi connectivity index (χ4n) is 2.15. The number of rotatable bonds is 5. The quantitative estimate of drug-likeness (QED) is 0.919. The predicted octanol–water partition coefficient (Wildman–Crippen LogP) is 2.07. The van der Waals surface area contributed by atoms with Crippen LogP contribution in [0.5, 0.6) is 0 Å². The molecule has 6 heteroatoms. The van der Waals surface area contributed by atoms with Gasteiger partial charge in [0.05, 0.1) is 5.69 Å². The Hall–Kier alpha value is -2.21. The van der Waals surface area contributed by atoms with Gasteiger partial charge in [-0.2, -0.15) is 5.10 Å². The smallest absolute Gasteiger partial charge is 0.274 e. The molecule has 5 nitrogen and oxygen atoms in total. The van der Waals surface area contributed by atoms with E-state index in [1.165, 1.54) is 12.1 Å². The number of hydrogen-bond acceptors (Lipinski definition) is 3. The van der Waals surface area contributed by atoms with Gasteiger partial charge in [0, 0.05) is 19.8 Å². The van der Waals surface area contributed by atoms with Crippen molar-refractivity contribution in [2.75, 3.05) is 20.1 Å². The molecule has 2 N–H and O–H groups in total. The zero-order valence-electron chi connectivity index (χ0n) is 13.1. The summed E-state index contributed by atoms with van der Waals surface area (Å²) in [5.41, 5.74) is 6.59. The molecule has 1 amide bonds. The molecule has 0 unspecified atom stereocenters. The van der Waals surface area contributed by atoms with Gasteiger partial charge in [0.2, 0.25) is 0 Å². The van der Waals surface area contributed by atoms with Gasteiger partial charge in [-0.3, -0.25) is 4.79 Å². The number of nitrogens with zero attached hydrogens (tertiary/aromatic N) is 3. The summed E-state index contributed by atoms with van der Waals surface area (Å²) in [6.07, 6.45) is 1.68. The predicted molar refractivity (Wildman–Crippen MR) is 83.3 cm³/mol. The highest BCUT2D eigenvalue weighted by Gasteiger charge is 2.23. The Kier molecular flexibility index (Phi) is 4.61. The first-order chi connectivity index (χ1) is 10.3. The summed E-state index contributed by atoms with van der Waals surface area (Å²) in [4.78, 5) is 14.0. The first kappa shape index (κ1) is 16.2. The Labute approximate surface area is 129 Å². The van der Waals surface area contributed by atoms with Gasteiger partial charge in [0.15, 0.2) is 5.69 Å². The summed E-state index contributed by atoms with van der Waals surface area (Å²) >= 11 is 0. The van der Waals surface area contributed by atoms with E-state index in [0.717, 1.165) is 0 Å². The fraction of sp³-hybridized carbons (Fsp3) is 0.375. The second-order valence-corrected chi connectivity index (χ2v) is 6.15. The topological polar surface area (TPSA) is 64.2 Å². The van der Waals surface area contributed by atoms with Crippen molar-refractivity contribution in [3.05, 3.63) is 48.0 Å². The summed E-state index contributed by atoms with van der Waals surface area (Å²) in [5.74, 6) is -0.474. The Balaban J connectivity index is 2.13. The largest absolute Gasteiger partial charge is 0.340 e. The molecule has 0 bridgehead atoms. The highest BCUT2D eigenvalue weighted by molar-refractivity contribution is 5.92. The van der Waals surface area contributed by atoms with Crippen LogP contribution in [-0.4, -0.2) is 40.7 Å². The van der Waals surface area contributed by atoms with Crippen LogP contribution < -0.4 is 5.73 Å². The van der Waals surface area contributed by atoms with Crippen LogP contribution in [0.3, 0.4) is 0 Å². The number of hydrogen-bond donors (Lipinski definition) is 1. The summed E-state index contributed by atoms with van der Waals surface area (Å²) in [7, 11) is 1.73. The van der Waals surface area contributed by atoms with E-state index >= 15 is 0 Å². The zero-order chi connectivity index (χ0) is 16.3. The van der Waals surface area contributed by atoms with E-state index in [-0.39, 0.29) is 17.1 Å². The molecule has 0 atom stereocenters. The molecular formula is C16H21FN4O. The van der Waals surface area contributed by atoms with Crippen molar-refractivity contribution in [3.63, 3.8) is 0 Å². The average Bonchev–Trinajstić information content (AvgIpc) is 2.96. The van der Waals surface area contributed by atoms with Crippen LogP contribution in [0.1, 0.15) is 24.3 Å². The van der Waals surface area contributed by atoms with Crippen LogP contribution in [0.2, 0.25) is 0 Å². The van der Waals surface area contributed by atoms with E-state index in [1.807, 2.05) is 13.8 Å². The Morgan fingerprint density at radius 3 is 2.55 bits per heavy atom. The van der Waals surface area contributed by atoms with Crippen LogP contribution in [0, 0.1) is 11.2 Å². The maximum absolute atomic E-state index is 12.9. The Bertz CT molecular complexity index is 648. The van der Waals surface area contributed by atoms with E-state index in [0.29, 0.717) is 24.5 Å². The van der Waals surface area contributed by atoms with Crippen LogP contribution in [0.4, 0.5) is 4.39 Å². The molecule has 0 saturated carbocycles. The maximum Gasteiger partial charge on any atom is 0.274 e. The van der Waals surface area contributed by atoms with E-state index in [2.05, 4.69) is 5.10 Å². The van der Waals surface area contributed by atoms with Gasteiger partial charge in [0.25, 0.3) is 5.91 Å². The SMILES string of the molecule is CN(CC(C)(C)CN)C(=O)c1ccn(-c2ccc(F)cc2)n1. The van der Waals surface area contributed by atoms with Gasteiger partial charge >= 0.3 is 0 Å². The van der Waals surface area contributed by atoms with Crippen molar-refractivity contribution < 1.29 is 9.18 Å². The van der Waals surface area contributed by atoms with E-state index < -0.39 is 0 Å². The Morgan fingerprint density at radius 1 is 1.32 bits per heavy atom. The van der Waals surface area contributed by atoms with Gasteiger partial charge in [-0.05, 0) is 42.3 Å².